The van der Waals surface area contributed by atoms with Crippen molar-refractivity contribution >= 4 is 0 Å². The molecule has 0 spiro atoms. The van der Waals surface area contributed by atoms with Crippen molar-refractivity contribution < 1.29 is 13.2 Å². The van der Waals surface area contributed by atoms with Gasteiger partial charge in [0, 0.05) is 31.1 Å². The monoisotopic (exact) mass is 346 g/mol. The number of halogens is 3. The molecule has 0 aliphatic heterocycles. The van der Waals surface area contributed by atoms with E-state index >= 15 is 0 Å². The predicted molar refractivity (Wildman–Crippen MR) is 92.5 cm³/mol. The van der Waals surface area contributed by atoms with E-state index in [9.17, 15) is 13.2 Å². The summed E-state index contributed by atoms with van der Waals surface area (Å²) in [4.78, 5) is 0. The Labute approximate surface area is 145 Å². The molecule has 3 rings (SSSR count). The van der Waals surface area contributed by atoms with Crippen LogP contribution in [-0.4, -0.2) is 12.6 Å². The molecule has 5 heteroatoms. The summed E-state index contributed by atoms with van der Waals surface area (Å²) in [5, 5.41) is 3.37. The smallest absolute Gasteiger partial charge is 0.161 e. The van der Waals surface area contributed by atoms with Crippen molar-refractivity contribution in [2.75, 3.05) is 6.54 Å². The zero-order valence-electron chi connectivity index (χ0n) is 13.8. The second-order valence-electron chi connectivity index (χ2n) is 6.45. The maximum Gasteiger partial charge on any atom is 0.161 e. The molecule has 25 heavy (non-hydrogen) atoms. The Hall–Kier alpha value is -2.11. The van der Waals surface area contributed by atoms with Gasteiger partial charge in [0.05, 0.1) is 0 Å². The summed E-state index contributed by atoms with van der Waals surface area (Å²) in [5.74, 6) is -3.29. The van der Waals surface area contributed by atoms with Crippen molar-refractivity contribution in [2.24, 2.45) is 5.73 Å². The van der Waals surface area contributed by atoms with E-state index in [1.54, 1.807) is 0 Å². The number of allylic oxidation sites excluding steroid dienone is 1. The van der Waals surface area contributed by atoms with Gasteiger partial charge < -0.3 is 11.1 Å². The summed E-state index contributed by atoms with van der Waals surface area (Å²) in [5.41, 5.74) is 8.70. The van der Waals surface area contributed by atoms with Gasteiger partial charge in [-0.15, -0.1) is 0 Å². The van der Waals surface area contributed by atoms with Gasteiger partial charge in [-0.1, -0.05) is 42.0 Å². The molecule has 0 aromatic heterocycles. The van der Waals surface area contributed by atoms with Crippen LogP contribution in [0.25, 0.3) is 0 Å². The average molecular weight is 346 g/mol. The number of benzene rings is 2. The van der Waals surface area contributed by atoms with E-state index < -0.39 is 17.5 Å². The molecule has 2 aromatic carbocycles. The Morgan fingerprint density at radius 2 is 1.68 bits per heavy atom. The number of nitrogens with one attached hydrogen (secondary N) is 1. The minimum atomic E-state index is -1.17. The first-order chi connectivity index (χ1) is 12.0. The first-order valence-corrected chi connectivity index (χ1v) is 8.37. The summed E-state index contributed by atoms with van der Waals surface area (Å²) in [6.07, 6.45) is 3.14. The third-order valence-electron chi connectivity index (χ3n) is 4.64. The van der Waals surface area contributed by atoms with E-state index in [1.807, 2.05) is 24.3 Å². The molecule has 0 saturated carbocycles. The number of hydrogen-bond acceptors (Lipinski definition) is 2. The van der Waals surface area contributed by atoms with Crippen LogP contribution in [0.1, 0.15) is 29.9 Å². The second kappa shape index (κ2) is 7.85. The molecule has 0 amide bonds. The molecule has 0 heterocycles. The first-order valence-electron chi connectivity index (χ1n) is 8.37. The quantitative estimate of drug-likeness (QED) is 0.634. The van der Waals surface area contributed by atoms with Gasteiger partial charge in [0.25, 0.3) is 0 Å². The topological polar surface area (TPSA) is 38.0 Å². The van der Waals surface area contributed by atoms with E-state index in [-0.39, 0.29) is 17.5 Å². The number of nitrogens with two attached hydrogens (primary N) is 1. The van der Waals surface area contributed by atoms with Gasteiger partial charge in [-0.25, -0.2) is 13.2 Å². The SMILES string of the molecule is N[C@@H]1CC(CNCc2ccccc2)=CC[C@H]1c1cc(F)c(F)cc1F. The third kappa shape index (κ3) is 4.30. The van der Waals surface area contributed by atoms with E-state index in [0.717, 1.165) is 18.2 Å². The van der Waals surface area contributed by atoms with Gasteiger partial charge in [-0.05, 0) is 30.0 Å². The summed E-state index contributed by atoms with van der Waals surface area (Å²) < 4.78 is 40.5. The molecule has 0 saturated heterocycles. The van der Waals surface area contributed by atoms with Gasteiger partial charge in [0.15, 0.2) is 11.6 Å². The standard InChI is InChI=1S/C20H21F3N2/c21-17-10-19(23)18(22)9-16(17)15-7-6-14(8-20(15)24)12-25-11-13-4-2-1-3-5-13/h1-6,9-10,15,20,25H,7-8,11-12,24H2/t15-,20+/m0/s1. The van der Waals surface area contributed by atoms with Crippen LogP contribution in [0, 0.1) is 17.5 Å². The summed E-state index contributed by atoms with van der Waals surface area (Å²) >= 11 is 0. The van der Waals surface area contributed by atoms with Crippen molar-refractivity contribution in [3.05, 3.63) is 82.7 Å². The lowest BCUT2D eigenvalue weighted by atomic mass is 9.80. The molecule has 0 unspecified atom stereocenters. The van der Waals surface area contributed by atoms with Crippen LogP contribution < -0.4 is 11.1 Å². The van der Waals surface area contributed by atoms with Gasteiger partial charge in [0.2, 0.25) is 0 Å². The molecule has 1 aliphatic rings. The lowest BCUT2D eigenvalue weighted by molar-refractivity contribution is 0.452. The van der Waals surface area contributed by atoms with E-state index in [1.165, 1.54) is 5.56 Å². The molecule has 0 fully saturated rings. The molecule has 2 atom stereocenters. The fourth-order valence-corrected chi connectivity index (χ4v) is 3.28. The predicted octanol–water partition coefficient (Wildman–Crippen LogP) is 4.02. The normalized spacial score (nSPS) is 20.4. The molecular formula is C20H21F3N2. The van der Waals surface area contributed by atoms with Crippen molar-refractivity contribution in [1.29, 1.82) is 0 Å². The van der Waals surface area contributed by atoms with Crippen LogP contribution in [0.2, 0.25) is 0 Å². The molecular weight excluding hydrogens is 325 g/mol. The van der Waals surface area contributed by atoms with E-state index in [2.05, 4.69) is 17.4 Å². The highest BCUT2D eigenvalue weighted by atomic mass is 19.2. The Morgan fingerprint density at radius 1 is 0.960 bits per heavy atom. The minimum Gasteiger partial charge on any atom is -0.327 e. The number of hydrogen-bond donors (Lipinski definition) is 2. The van der Waals surface area contributed by atoms with Crippen LogP contribution >= 0.6 is 0 Å². The third-order valence-corrected chi connectivity index (χ3v) is 4.64. The summed E-state index contributed by atoms with van der Waals surface area (Å²) in [7, 11) is 0. The highest BCUT2D eigenvalue weighted by Gasteiger charge is 2.27. The Kier molecular flexibility index (Phi) is 5.56. The summed E-state index contributed by atoms with van der Waals surface area (Å²) in [6.45, 7) is 1.46. The van der Waals surface area contributed by atoms with E-state index in [4.69, 9.17) is 5.73 Å². The summed E-state index contributed by atoms with van der Waals surface area (Å²) in [6, 6.07) is 11.3. The highest BCUT2D eigenvalue weighted by Crippen LogP contribution is 2.33. The average Bonchev–Trinajstić information content (AvgIpc) is 2.60. The molecule has 132 valence electrons. The largest absolute Gasteiger partial charge is 0.327 e. The van der Waals surface area contributed by atoms with Crippen LogP contribution in [0.15, 0.2) is 54.1 Å². The van der Waals surface area contributed by atoms with Crippen molar-refractivity contribution in [1.82, 2.24) is 5.32 Å². The maximum atomic E-state index is 14.0. The van der Waals surface area contributed by atoms with Crippen molar-refractivity contribution in [3.63, 3.8) is 0 Å². The second-order valence-corrected chi connectivity index (χ2v) is 6.45. The lowest BCUT2D eigenvalue weighted by Crippen LogP contribution is -2.34. The zero-order valence-corrected chi connectivity index (χ0v) is 13.8. The minimum absolute atomic E-state index is 0.152. The van der Waals surface area contributed by atoms with Crippen molar-refractivity contribution in [2.45, 2.75) is 31.3 Å². The molecule has 0 bridgehead atoms. The van der Waals surface area contributed by atoms with Crippen LogP contribution in [0.5, 0.6) is 0 Å². The maximum absolute atomic E-state index is 14.0. The molecule has 2 aromatic rings. The molecule has 0 radical (unpaired) electrons. The van der Waals surface area contributed by atoms with Crippen LogP contribution in [-0.2, 0) is 6.54 Å². The van der Waals surface area contributed by atoms with Gasteiger partial charge in [-0.3, -0.25) is 0 Å². The Balaban J connectivity index is 1.62. The van der Waals surface area contributed by atoms with Gasteiger partial charge >= 0.3 is 0 Å². The Bertz CT molecular complexity index is 759. The lowest BCUT2D eigenvalue weighted by Gasteiger charge is -2.29. The van der Waals surface area contributed by atoms with E-state index in [0.29, 0.717) is 25.5 Å². The Morgan fingerprint density at radius 3 is 2.40 bits per heavy atom. The number of rotatable bonds is 5. The molecule has 1 aliphatic carbocycles. The van der Waals surface area contributed by atoms with Crippen LogP contribution in [0.3, 0.4) is 0 Å². The zero-order chi connectivity index (χ0) is 17.8. The first kappa shape index (κ1) is 17.7. The molecule has 3 N–H and O–H groups in total. The highest BCUT2D eigenvalue weighted by molar-refractivity contribution is 5.29. The fourth-order valence-electron chi connectivity index (χ4n) is 3.28. The molecule has 2 nitrogen and oxygen atoms in total. The van der Waals surface area contributed by atoms with Crippen molar-refractivity contribution in [3.8, 4) is 0 Å². The fraction of sp³-hybridized carbons (Fsp3) is 0.300. The van der Waals surface area contributed by atoms with Gasteiger partial charge in [-0.2, -0.15) is 0 Å². The van der Waals surface area contributed by atoms with Crippen LogP contribution in [0.4, 0.5) is 13.2 Å². The van der Waals surface area contributed by atoms with Gasteiger partial charge in [0.1, 0.15) is 5.82 Å².